The molecule has 11 heteroatoms. The number of amides is 3. The minimum absolute atomic E-state index is 0.000170. The SMILES string of the molecule is CCCCCCCCCCCCOc1ccc(Cl)cc1NC(=O)C(C(=O)c1ccnn1-c1ccccc1)N1C(=O)OC(C)(C)C1=O. The molecule has 246 valence electrons. The summed E-state index contributed by atoms with van der Waals surface area (Å²) in [5.74, 6) is -2.22. The molecule has 0 bridgehead atoms. The Morgan fingerprint density at radius 3 is 2.22 bits per heavy atom. The summed E-state index contributed by atoms with van der Waals surface area (Å²) in [5, 5.41) is 7.25. The van der Waals surface area contributed by atoms with Crippen molar-refractivity contribution in [2.75, 3.05) is 11.9 Å². The fourth-order valence-electron chi connectivity index (χ4n) is 5.36. The molecule has 2 aromatic carbocycles. The molecule has 1 aliphatic rings. The van der Waals surface area contributed by atoms with Gasteiger partial charge in [-0.05, 0) is 56.7 Å². The van der Waals surface area contributed by atoms with Crippen molar-refractivity contribution in [2.45, 2.75) is 96.6 Å². The smallest absolute Gasteiger partial charge is 0.418 e. The van der Waals surface area contributed by atoms with Gasteiger partial charge in [0, 0.05) is 5.02 Å². The lowest BCUT2D eigenvalue weighted by Crippen LogP contribution is -2.53. The molecule has 1 atom stereocenters. The Labute approximate surface area is 275 Å². The van der Waals surface area contributed by atoms with Crippen LogP contribution in [0.15, 0.2) is 60.8 Å². The van der Waals surface area contributed by atoms with Crippen LogP contribution in [0.3, 0.4) is 0 Å². The number of nitrogens with zero attached hydrogens (tertiary/aromatic N) is 3. The van der Waals surface area contributed by atoms with Gasteiger partial charge in [-0.3, -0.25) is 14.4 Å². The number of carbonyl (C=O) groups excluding carboxylic acids is 4. The number of ether oxygens (including phenoxy) is 2. The van der Waals surface area contributed by atoms with Gasteiger partial charge in [-0.25, -0.2) is 14.4 Å². The van der Waals surface area contributed by atoms with Crippen LogP contribution in [0.5, 0.6) is 5.75 Å². The van der Waals surface area contributed by atoms with Crippen LogP contribution in [0, 0.1) is 0 Å². The van der Waals surface area contributed by atoms with Crippen LogP contribution in [0.4, 0.5) is 10.5 Å². The summed E-state index contributed by atoms with van der Waals surface area (Å²) in [6, 6.07) is 13.1. The summed E-state index contributed by atoms with van der Waals surface area (Å²) < 4.78 is 12.6. The predicted octanol–water partition coefficient (Wildman–Crippen LogP) is 7.77. The third-order valence-corrected chi connectivity index (χ3v) is 8.11. The monoisotopic (exact) mass is 650 g/mol. The molecule has 2 heterocycles. The molecule has 4 rings (SSSR count). The Hall–Kier alpha value is -4.18. The van der Waals surface area contributed by atoms with E-state index >= 15 is 0 Å². The van der Waals surface area contributed by atoms with Gasteiger partial charge >= 0.3 is 6.09 Å². The molecule has 1 unspecified atom stereocenters. The Bertz CT molecular complexity index is 1510. The van der Waals surface area contributed by atoms with Crippen LogP contribution in [0.2, 0.25) is 5.02 Å². The molecular weight excluding hydrogens is 608 g/mol. The number of unbranched alkanes of at least 4 members (excludes halogenated alkanes) is 9. The van der Waals surface area contributed by atoms with E-state index in [1.807, 2.05) is 6.07 Å². The van der Waals surface area contributed by atoms with E-state index in [0.29, 0.717) is 28.0 Å². The number of aromatic nitrogens is 2. The zero-order valence-corrected chi connectivity index (χ0v) is 27.6. The standard InChI is InChI=1S/C35H43ClN4O6/c1-4-5-6-7-8-9-10-11-12-16-23-45-29-20-19-25(36)24-27(29)38-32(42)30(39-33(43)35(2,3)46-34(39)44)31(41)28-21-22-37-40(28)26-17-14-13-15-18-26/h13-15,17-22,24,30H,4-12,16,23H2,1-3H3,(H,38,42). The van der Waals surface area contributed by atoms with Crippen molar-refractivity contribution in [2.24, 2.45) is 0 Å². The minimum atomic E-state index is -1.89. The number of para-hydroxylation sites is 1. The average molecular weight is 651 g/mol. The van der Waals surface area contributed by atoms with Gasteiger partial charge in [0.2, 0.25) is 5.78 Å². The van der Waals surface area contributed by atoms with E-state index in [1.165, 1.54) is 81.8 Å². The molecule has 0 saturated carbocycles. The third-order valence-electron chi connectivity index (χ3n) is 7.88. The number of ketones is 1. The van der Waals surface area contributed by atoms with Crippen LogP contribution in [-0.4, -0.2) is 56.6 Å². The highest BCUT2D eigenvalue weighted by molar-refractivity contribution is 6.31. The molecular formula is C35H43ClN4O6. The van der Waals surface area contributed by atoms with E-state index in [9.17, 15) is 19.2 Å². The van der Waals surface area contributed by atoms with Gasteiger partial charge in [-0.1, -0.05) is 94.5 Å². The molecule has 1 aliphatic heterocycles. The van der Waals surface area contributed by atoms with Crippen LogP contribution in [0.25, 0.3) is 5.69 Å². The van der Waals surface area contributed by atoms with Crippen molar-refractivity contribution in [3.63, 3.8) is 0 Å². The molecule has 10 nitrogen and oxygen atoms in total. The van der Waals surface area contributed by atoms with E-state index < -0.39 is 35.3 Å². The molecule has 46 heavy (non-hydrogen) atoms. The summed E-state index contributed by atoms with van der Waals surface area (Å²) in [7, 11) is 0. The number of Topliss-reactive ketones (excluding diaryl/α,β-unsaturated/α-hetero) is 1. The highest BCUT2D eigenvalue weighted by Crippen LogP contribution is 2.31. The molecule has 1 aromatic heterocycles. The molecule has 1 fully saturated rings. The first-order valence-electron chi connectivity index (χ1n) is 16.1. The maximum Gasteiger partial charge on any atom is 0.418 e. The van der Waals surface area contributed by atoms with Gasteiger partial charge in [0.15, 0.2) is 11.6 Å². The number of imide groups is 1. The fourth-order valence-corrected chi connectivity index (χ4v) is 5.54. The molecule has 1 N–H and O–H groups in total. The predicted molar refractivity (Wildman–Crippen MR) is 177 cm³/mol. The zero-order valence-electron chi connectivity index (χ0n) is 26.8. The lowest BCUT2D eigenvalue weighted by atomic mass is 10.0. The summed E-state index contributed by atoms with van der Waals surface area (Å²) in [5.41, 5.74) is -0.795. The number of hydrogen-bond donors (Lipinski definition) is 1. The second-order valence-corrected chi connectivity index (χ2v) is 12.4. The van der Waals surface area contributed by atoms with Crippen molar-refractivity contribution >= 4 is 41.0 Å². The zero-order chi connectivity index (χ0) is 33.1. The van der Waals surface area contributed by atoms with Gasteiger partial charge in [0.25, 0.3) is 11.8 Å². The molecule has 3 amide bonds. The Morgan fingerprint density at radius 1 is 0.935 bits per heavy atom. The fraction of sp³-hybridized carbons (Fsp3) is 0.457. The number of benzene rings is 2. The molecule has 0 radical (unpaired) electrons. The lowest BCUT2D eigenvalue weighted by molar-refractivity contribution is -0.137. The first-order valence-corrected chi connectivity index (χ1v) is 16.5. The van der Waals surface area contributed by atoms with Crippen LogP contribution < -0.4 is 10.1 Å². The Kier molecular flexibility index (Phi) is 12.4. The van der Waals surface area contributed by atoms with E-state index in [4.69, 9.17) is 21.1 Å². The number of cyclic esters (lactones) is 1. The van der Waals surface area contributed by atoms with Gasteiger partial charge in [0.05, 0.1) is 24.2 Å². The van der Waals surface area contributed by atoms with E-state index in [-0.39, 0.29) is 11.4 Å². The first kappa shape index (κ1) is 34.7. The van der Waals surface area contributed by atoms with Crippen LogP contribution in [0.1, 0.15) is 95.5 Å². The summed E-state index contributed by atoms with van der Waals surface area (Å²) >= 11 is 6.27. The average Bonchev–Trinajstić information content (AvgIpc) is 3.60. The van der Waals surface area contributed by atoms with Gasteiger partial charge in [0.1, 0.15) is 11.4 Å². The Balaban J connectivity index is 1.48. The van der Waals surface area contributed by atoms with E-state index in [0.717, 1.165) is 19.3 Å². The number of anilines is 1. The lowest BCUT2D eigenvalue weighted by Gasteiger charge is -2.24. The van der Waals surface area contributed by atoms with Gasteiger partial charge in [-0.2, -0.15) is 5.10 Å². The first-order chi connectivity index (χ1) is 22.1. The van der Waals surface area contributed by atoms with Crippen molar-refractivity contribution in [3.8, 4) is 11.4 Å². The van der Waals surface area contributed by atoms with E-state index in [1.54, 1.807) is 36.4 Å². The normalized spacial score (nSPS) is 14.7. The third kappa shape index (κ3) is 8.75. The Morgan fingerprint density at radius 2 is 1.59 bits per heavy atom. The van der Waals surface area contributed by atoms with Gasteiger partial charge in [-0.15, -0.1) is 0 Å². The molecule has 1 saturated heterocycles. The molecule has 0 spiro atoms. The maximum atomic E-state index is 14.1. The number of carbonyl (C=O) groups is 4. The number of hydrogen-bond acceptors (Lipinski definition) is 7. The summed E-state index contributed by atoms with van der Waals surface area (Å²) in [6.45, 7) is 5.44. The number of halogens is 1. The summed E-state index contributed by atoms with van der Waals surface area (Å²) in [6.07, 6.45) is 12.2. The summed E-state index contributed by atoms with van der Waals surface area (Å²) in [4.78, 5) is 54.8. The topological polar surface area (TPSA) is 120 Å². The van der Waals surface area contributed by atoms with Gasteiger partial charge < -0.3 is 14.8 Å². The number of nitrogens with one attached hydrogen (secondary N) is 1. The highest BCUT2D eigenvalue weighted by atomic mass is 35.5. The van der Waals surface area contributed by atoms with Crippen LogP contribution >= 0.6 is 11.6 Å². The van der Waals surface area contributed by atoms with E-state index in [2.05, 4.69) is 17.3 Å². The maximum absolute atomic E-state index is 14.1. The van der Waals surface area contributed by atoms with Crippen molar-refractivity contribution < 1.29 is 28.7 Å². The van der Waals surface area contributed by atoms with Crippen molar-refractivity contribution in [3.05, 3.63) is 71.5 Å². The molecule has 0 aliphatic carbocycles. The van der Waals surface area contributed by atoms with Crippen LogP contribution in [-0.2, 0) is 14.3 Å². The molecule has 3 aromatic rings. The minimum Gasteiger partial charge on any atom is -0.491 e. The number of rotatable bonds is 18. The second kappa shape index (κ2) is 16.4. The van der Waals surface area contributed by atoms with Crippen molar-refractivity contribution in [1.82, 2.24) is 14.7 Å². The van der Waals surface area contributed by atoms with Crippen molar-refractivity contribution in [1.29, 1.82) is 0 Å². The second-order valence-electron chi connectivity index (χ2n) is 11.9. The largest absolute Gasteiger partial charge is 0.491 e. The quantitative estimate of drug-likeness (QED) is 0.0848. The highest BCUT2D eigenvalue weighted by Gasteiger charge is 2.54.